The molecule has 0 bridgehead atoms. The molecule has 1 N–H and O–H groups in total. The highest BCUT2D eigenvalue weighted by molar-refractivity contribution is 6.33. The first-order valence-corrected chi connectivity index (χ1v) is 9.00. The summed E-state index contributed by atoms with van der Waals surface area (Å²) in [6.45, 7) is 1.37. The van der Waals surface area contributed by atoms with Crippen LogP contribution in [0.2, 0.25) is 5.02 Å². The van der Waals surface area contributed by atoms with Gasteiger partial charge in [0.2, 0.25) is 5.91 Å². The van der Waals surface area contributed by atoms with Gasteiger partial charge in [-0.1, -0.05) is 29.8 Å². The molecule has 1 fully saturated rings. The van der Waals surface area contributed by atoms with Crippen LogP contribution in [-0.2, 0) is 19.1 Å². The molecule has 6 nitrogen and oxygen atoms in total. The first-order valence-electron chi connectivity index (χ1n) is 8.62. The first kappa shape index (κ1) is 19.8. The number of rotatable bonds is 5. The quantitative estimate of drug-likeness (QED) is 0.776. The predicted molar refractivity (Wildman–Crippen MR) is 103 cm³/mol. The fourth-order valence-corrected chi connectivity index (χ4v) is 3.21. The third-order valence-corrected chi connectivity index (χ3v) is 4.66. The molecule has 1 aliphatic heterocycles. The summed E-state index contributed by atoms with van der Waals surface area (Å²) in [5.41, 5.74) is 1.48. The van der Waals surface area contributed by atoms with Crippen LogP contribution >= 0.6 is 11.6 Å². The lowest BCUT2D eigenvalue weighted by atomic mass is 10.1. The van der Waals surface area contributed by atoms with Gasteiger partial charge in [0.05, 0.1) is 22.3 Å². The van der Waals surface area contributed by atoms with Crippen LogP contribution in [0.3, 0.4) is 0 Å². The van der Waals surface area contributed by atoms with Crippen molar-refractivity contribution < 1.29 is 23.5 Å². The number of benzene rings is 2. The minimum absolute atomic E-state index is 0.00398. The summed E-state index contributed by atoms with van der Waals surface area (Å²) in [7, 11) is 0. The molecule has 1 atom stereocenters. The number of carbonyl (C=O) groups is 3. The van der Waals surface area contributed by atoms with E-state index in [-0.39, 0.29) is 24.6 Å². The van der Waals surface area contributed by atoms with Gasteiger partial charge in [0, 0.05) is 13.0 Å². The van der Waals surface area contributed by atoms with E-state index in [2.05, 4.69) is 5.32 Å². The smallest absolute Gasteiger partial charge is 0.311 e. The Morgan fingerprint density at radius 1 is 1.29 bits per heavy atom. The number of anilines is 2. The number of nitrogens with one attached hydrogen (secondary N) is 1. The molecule has 2 aromatic rings. The Hall–Kier alpha value is -2.93. The highest BCUT2D eigenvalue weighted by Gasteiger charge is 2.37. The van der Waals surface area contributed by atoms with E-state index in [0.717, 1.165) is 5.56 Å². The Balaban J connectivity index is 1.54. The minimum Gasteiger partial charge on any atom is -0.455 e. The molecular weight excluding hydrogens is 387 g/mol. The number of hydrogen-bond acceptors (Lipinski definition) is 4. The number of amides is 2. The van der Waals surface area contributed by atoms with Crippen molar-refractivity contribution in [2.24, 2.45) is 5.92 Å². The maximum Gasteiger partial charge on any atom is 0.311 e. The largest absolute Gasteiger partial charge is 0.455 e. The number of halogens is 2. The Morgan fingerprint density at radius 2 is 2.04 bits per heavy atom. The molecule has 3 rings (SSSR count). The van der Waals surface area contributed by atoms with Crippen LogP contribution in [0.5, 0.6) is 0 Å². The third-order valence-electron chi connectivity index (χ3n) is 4.35. The summed E-state index contributed by atoms with van der Waals surface area (Å²) in [6, 6.07) is 11.0. The van der Waals surface area contributed by atoms with Gasteiger partial charge in [0.1, 0.15) is 5.82 Å². The molecule has 2 amide bonds. The second-order valence-electron chi connectivity index (χ2n) is 6.50. The van der Waals surface area contributed by atoms with Gasteiger partial charge in [0.15, 0.2) is 6.61 Å². The first-order chi connectivity index (χ1) is 13.3. The van der Waals surface area contributed by atoms with E-state index < -0.39 is 30.2 Å². The number of nitrogens with zero attached hydrogens (tertiary/aromatic N) is 1. The van der Waals surface area contributed by atoms with Gasteiger partial charge in [-0.15, -0.1) is 0 Å². The van der Waals surface area contributed by atoms with Gasteiger partial charge < -0.3 is 15.0 Å². The Bertz CT molecular complexity index is 934. The molecule has 1 saturated heterocycles. The van der Waals surface area contributed by atoms with Crippen molar-refractivity contribution in [3.8, 4) is 0 Å². The second-order valence-corrected chi connectivity index (χ2v) is 6.90. The summed E-state index contributed by atoms with van der Waals surface area (Å²) in [6.07, 6.45) is -0.0986. The molecule has 146 valence electrons. The summed E-state index contributed by atoms with van der Waals surface area (Å²) < 4.78 is 18.9. The lowest BCUT2D eigenvalue weighted by Crippen LogP contribution is -2.28. The maximum absolute atomic E-state index is 13.9. The van der Waals surface area contributed by atoms with Gasteiger partial charge >= 0.3 is 5.97 Å². The van der Waals surface area contributed by atoms with Crippen LogP contribution < -0.4 is 10.2 Å². The summed E-state index contributed by atoms with van der Waals surface area (Å²) >= 11 is 6.05. The topological polar surface area (TPSA) is 75.7 Å². The Kier molecular flexibility index (Phi) is 5.94. The van der Waals surface area contributed by atoms with E-state index in [1.54, 1.807) is 24.3 Å². The second kappa shape index (κ2) is 8.39. The molecule has 2 aromatic carbocycles. The fourth-order valence-electron chi connectivity index (χ4n) is 2.93. The standard InChI is InChI=1S/C20H18ClFN2O4/c1-12-6-7-16(14(21)8-12)23-18(25)11-28-20(27)13-9-19(26)24(10-13)17-5-3-2-4-15(17)22/h2-8,13H,9-11H2,1H3,(H,23,25)/t13-/m0/s1. The highest BCUT2D eigenvalue weighted by atomic mass is 35.5. The molecule has 0 radical (unpaired) electrons. The average Bonchev–Trinajstić information content (AvgIpc) is 3.04. The lowest BCUT2D eigenvalue weighted by molar-refractivity contribution is -0.151. The molecule has 0 saturated carbocycles. The van der Waals surface area contributed by atoms with Crippen molar-refractivity contribution in [1.82, 2.24) is 0 Å². The monoisotopic (exact) mass is 404 g/mol. The van der Waals surface area contributed by atoms with E-state index in [1.807, 2.05) is 6.92 Å². The number of esters is 1. The zero-order valence-corrected chi connectivity index (χ0v) is 15.8. The number of para-hydroxylation sites is 1. The number of hydrogen-bond donors (Lipinski definition) is 1. The SMILES string of the molecule is Cc1ccc(NC(=O)COC(=O)[C@H]2CC(=O)N(c3ccccc3F)C2)c(Cl)c1. The van der Waals surface area contributed by atoms with Crippen molar-refractivity contribution in [1.29, 1.82) is 0 Å². The predicted octanol–water partition coefficient (Wildman–Crippen LogP) is 3.32. The molecule has 8 heteroatoms. The zero-order valence-electron chi connectivity index (χ0n) is 15.1. The van der Waals surface area contributed by atoms with Gasteiger partial charge in [-0.2, -0.15) is 0 Å². The maximum atomic E-state index is 13.9. The normalized spacial score (nSPS) is 16.2. The molecular formula is C20H18ClFN2O4. The molecule has 1 heterocycles. The van der Waals surface area contributed by atoms with Crippen LogP contribution in [0.25, 0.3) is 0 Å². The van der Waals surface area contributed by atoms with Gasteiger partial charge in [-0.05, 0) is 36.8 Å². The molecule has 28 heavy (non-hydrogen) atoms. The summed E-state index contributed by atoms with van der Waals surface area (Å²) in [5.74, 6) is -2.91. The van der Waals surface area contributed by atoms with Crippen molar-refractivity contribution in [3.63, 3.8) is 0 Å². The summed E-state index contributed by atoms with van der Waals surface area (Å²) in [5, 5.41) is 2.94. The van der Waals surface area contributed by atoms with Crippen LogP contribution in [-0.4, -0.2) is 30.9 Å². The lowest BCUT2D eigenvalue weighted by Gasteiger charge is -2.17. The van der Waals surface area contributed by atoms with E-state index in [1.165, 1.54) is 23.1 Å². The van der Waals surface area contributed by atoms with E-state index >= 15 is 0 Å². The minimum atomic E-state index is -0.761. The van der Waals surface area contributed by atoms with Crippen molar-refractivity contribution in [2.45, 2.75) is 13.3 Å². The molecule has 0 spiro atoms. The fraction of sp³-hybridized carbons (Fsp3) is 0.250. The van der Waals surface area contributed by atoms with Crippen LogP contribution in [0.4, 0.5) is 15.8 Å². The molecule has 0 aromatic heterocycles. The number of ether oxygens (including phenoxy) is 1. The van der Waals surface area contributed by atoms with E-state index in [9.17, 15) is 18.8 Å². The molecule has 0 unspecified atom stereocenters. The highest BCUT2D eigenvalue weighted by Crippen LogP contribution is 2.28. The summed E-state index contributed by atoms with van der Waals surface area (Å²) in [4.78, 5) is 37.6. The average molecular weight is 405 g/mol. The zero-order chi connectivity index (χ0) is 20.3. The van der Waals surface area contributed by atoms with Crippen LogP contribution in [0.1, 0.15) is 12.0 Å². The Morgan fingerprint density at radius 3 is 2.75 bits per heavy atom. The van der Waals surface area contributed by atoms with Gasteiger partial charge in [-0.25, -0.2) is 4.39 Å². The molecule has 1 aliphatic rings. The number of carbonyl (C=O) groups excluding carboxylic acids is 3. The van der Waals surface area contributed by atoms with Crippen LogP contribution in [0.15, 0.2) is 42.5 Å². The van der Waals surface area contributed by atoms with Crippen molar-refractivity contribution in [2.75, 3.05) is 23.4 Å². The van der Waals surface area contributed by atoms with Gasteiger partial charge in [0.25, 0.3) is 5.91 Å². The molecule has 0 aliphatic carbocycles. The third kappa shape index (κ3) is 4.48. The van der Waals surface area contributed by atoms with E-state index in [0.29, 0.717) is 10.7 Å². The van der Waals surface area contributed by atoms with Crippen molar-refractivity contribution in [3.05, 3.63) is 58.9 Å². The van der Waals surface area contributed by atoms with Crippen molar-refractivity contribution >= 4 is 40.8 Å². The van der Waals surface area contributed by atoms with Crippen LogP contribution in [0, 0.1) is 18.7 Å². The number of aryl methyl sites for hydroxylation is 1. The van der Waals surface area contributed by atoms with Gasteiger partial charge in [-0.3, -0.25) is 14.4 Å². The Labute approximate surface area is 166 Å². The van der Waals surface area contributed by atoms with E-state index in [4.69, 9.17) is 16.3 Å².